The number of aromatic nitrogens is 2. The molecular formula is C31H30FN5O3S. The van der Waals surface area contributed by atoms with Crippen LogP contribution in [-0.4, -0.2) is 33.4 Å². The minimum Gasteiger partial charge on any atom is -0.448 e. The topological polar surface area (TPSA) is 118 Å². The molecule has 0 radical (unpaired) electrons. The second-order valence-corrected chi connectivity index (χ2v) is 11.5. The van der Waals surface area contributed by atoms with E-state index in [4.69, 9.17) is 15.1 Å². The van der Waals surface area contributed by atoms with E-state index in [1.165, 1.54) is 34.1 Å². The summed E-state index contributed by atoms with van der Waals surface area (Å²) in [5.41, 5.74) is 7.57. The molecule has 3 heterocycles. The molecule has 10 heteroatoms. The van der Waals surface area contributed by atoms with E-state index < -0.39 is 17.4 Å². The summed E-state index contributed by atoms with van der Waals surface area (Å²) in [6.07, 6.45) is 0.545. The maximum Gasteiger partial charge on any atom is 0.297 e. The second-order valence-electron chi connectivity index (χ2n) is 10.4. The highest BCUT2D eigenvalue weighted by molar-refractivity contribution is 7.12. The van der Waals surface area contributed by atoms with Crippen LogP contribution >= 0.6 is 11.3 Å². The van der Waals surface area contributed by atoms with Crippen molar-refractivity contribution in [3.63, 3.8) is 0 Å². The van der Waals surface area contributed by atoms with Crippen LogP contribution in [0.4, 0.5) is 4.39 Å². The Labute approximate surface area is 240 Å². The van der Waals surface area contributed by atoms with Crippen LogP contribution in [0.15, 0.2) is 63.8 Å². The van der Waals surface area contributed by atoms with Gasteiger partial charge in [-0.05, 0) is 68.3 Å². The number of thiophene rings is 1. The first-order valence-electron chi connectivity index (χ1n) is 13.4. The van der Waals surface area contributed by atoms with Crippen molar-refractivity contribution in [3.05, 3.63) is 97.5 Å². The Morgan fingerprint density at radius 3 is 2.61 bits per heavy atom. The highest BCUT2D eigenvalue weighted by Crippen LogP contribution is 2.33. The maximum atomic E-state index is 14.3. The number of hydrogen-bond acceptors (Lipinski definition) is 7. The number of fused-ring (bicyclic) bond motifs is 3. The number of hydrogen-bond donors (Lipinski definition) is 1. The van der Waals surface area contributed by atoms with E-state index in [2.05, 4.69) is 6.07 Å². The minimum atomic E-state index is -0.624. The van der Waals surface area contributed by atoms with Gasteiger partial charge in [0, 0.05) is 22.4 Å². The lowest BCUT2D eigenvalue weighted by Crippen LogP contribution is -2.42. The van der Waals surface area contributed by atoms with Gasteiger partial charge in [-0.15, -0.1) is 11.3 Å². The van der Waals surface area contributed by atoms with Gasteiger partial charge in [0.05, 0.1) is 12.6 Å². The van der Waals surface area contributed by atoms with E-state index in [9.17, 15) is 19.2 Å². The Bertz CT molecular complexity index is 1830. The molecule has 0 spiro atoms. The van der Waals surface area contributed by atoms with Crippen LogP contribution in [0, 0.1) is 30.0 Å². The third-order valence-corrected chi connectivity index (χ3v) is 8.02. The summed E-state index contributed by atoms with van der Waals surface area (Å²) < 4.78 is 21.7. The highest BCUT2D eigenvalue weighted by Gasteiger charge is 2.33. The van der Waals surface area contributed by atoms with Gasteiger partial charge in [0.15, 0.2) is 0 Å². The largest absolute Gasteiger partial charge is 0.448 e. The summed E-state index contributed by atoms with van der Waals surface area (Å²) in [4.78, 5) is 36.1. The van der Waals surface area contributed by atoms with Crippen LogP contribution in [-0.2, 0) is 6.54 Å². The van der Waals surface area contributed by atoms with Crippen molar-refractivity contribution in [1.29, 1.82) is 5.26 Å². The predicted molar refractivity (Wildman–Crippen MR) is 157 cm³/mol. The van der Waals surface area contributed by atoms with Crippen molar-refractivity contribution in [2.75, 3.05) is 13.1 Å². The standard InChI is InChI=1S/C31H30FN5O3S/c1-18(2)27(36(14-4-13-33)30(38)20-7-5-19(3)6-8-20)29-35-26-24-15-21(32)9-12-25(24)40-28(26)31(39)37(29)17-23-11-10-22(16-34)41-23/h5-12,15,18,27H,4,13-14,17,33H2,1-3H3. The molecular weight excluding hydrogens is 541 g/mol. The van der Waals surface area contributed by atoms with Crippen molar-refractivity contribution in [3.8, 4) is 6.07 Å². The summed E-state index contributed by atoms with van der Waals surface area (Å²) in [6, 6.07) is 16.4. The van der Waals surface area contributed by atoms with E-state index in [0.717, 1.165) is 10.4 Å². The van der Waals surface area contributed by atoms with E-state index in [1.54, 1.807) is 29.2 Å². The molecule has 5 rings (SSSR count). The number of amides is 1. The molecule has 1 amide bonds. The van der Waals surface area contributed by atoms with Gasteiger partial charge in [0.1, 0.15) is 33.7 Å². The van der Waals surface area contributed by atoms with Gasteiger partial charge in [0.2, 0.25) is 5.58 Å². The van der Waals surface area contributed by atoms with E-state index in [-0.39, 0.29) is 29.5 Å². The van der Waals surface area contributed by atoms with Gasteiger partial charge in [-0.3, -0.25) is 14.2 Å². The number of rotatable bonds is 9. The molecule has 0 aliphatic heterocycles. The van der Waals surface area contributed by atoms with Gasteiger partial charge in [-0.2, -0.15) is 5.26 Å². The molecule has 1 unspecified atom stereocenters. The molecule has 0 fully saturated rings. The molecule has 0 aliphatic carbocycles. The molecule has 0 saturated heterocycles. The summed E-state index contributed by atoms with van der Waals surface area (Å²) in [7, 11) is 0. The second kappa shape index (κ2) is 11.6. The molecule has 2 N–H and O–H groups in total. The van der Waals surface area contributed by atoms with Crippen molar-refractivity contribution < 1.29 is 13.6 Å². The number of benzene rings is 2. The van der Waals surface area contributed by atoms with Crippen LogP contribution < -0.4 is 11.3 Å². The molecule has 2 aromatic carbocycles. The summed E-state index contributed by atoms with van der Waals surface area (Å²) in [5, 5.41) is 9.74. The molecule has 5 aromatic rings. The van der Waals surface area contributed by atoms with E-state index >= 15 is 0 Å². The fourth-order valence-corrected chi connectivity index (χ4v) is 5.85. The molecule has 0 aliphatic rings. The summed E-state index contributed by atoms with van der Waals surface area (Å²) in [6.45, 7) is 6.74. The first kappa shape index (κ1) is 28.2. The van der Waals surface area contributed by atoms with Gasteiger partial charge in [-0.1, -0.05) is 31.5 Å². The molecule has 1 atom stereocenters. The van der Waals surface area contributed by atoms with Gasteiger partial charge < -0.3 is 15.1 Å². The lowest BCUT2D eigenvalue weighted by molar-refractivity contribution is 0.0602. The average molecular weight is 572 g/mol. The summed E-state index contributed by atoms with van der Waals surface area (Å²) >= 11 is 1.28. The number of aryl methyl sites for hydroxylation is 1. The third kappa shape index (κ3) is 5.51. The predicted octanol–water partition coefficient (Wildman–Crippen LogP) is 5.76. The van der Waals surface area contributed by atoms with Crippen molar-refractivity contribution in [2.45, 2.75) is 39.8 Å². The monoisotopic (exact) mass is 571 g/mol. The number of carbonyl (C=O) groups excluding carboxylic acids is 1. The Kier molecular flexibility index (Phi) is 8.01. The Balaban J connectivity index is 1.76. The Hall–Kier alpha value is -4.33. The molecule has 0 bridgehead atoms. The quantitative estimate of drug-likeness (QED) is 0.240. The van der Waals surface area contributed by atoms with Gasteiger partial charge in [-0.25, -0.2) is 9.37 Å². The number of nitrogens with zero attached hydrogens (tertiary/aromatic N) is 4. The van der Waals surface area contributed by atoms with E-state index in [0.29, 0.717) is 46.7 Å². The summed E-state index contributed by atoms with van der Waals surface area (Å²) in [5.74, 6) is -0.488. The average Bonchev–Trinajstić information content (AvgIpc) is 3.57. The first-order valence-corrected chi connectivity index (χ1v) is 14.2. The van der Waals surface area contributed by atoms with Crippen LogP contribution in [0.25, 0.3) is 22.1 Å². The number of nitriles is 1. The fraction of sp³-hybridized carbons (Fsp3) is 0.290. The lowest BCUT2D eigenvalue weighted by Gasteiger charge is -2.35. The Morgan fingerprint density at radius 1 is 1.20 bits per heavy atom. The zero-order chi connectivity index (χ0) is 29.3. The minimum absolute atomic E-state index is 0.00675. The van der Waals surface area contributed by atoms with Crippen LogP contribution in [0.2, 0.25) is 0 Å². The van der Waals surface area contributed by atoms with Crippen LogP contribution in [0.5, 0.6) is 0 Å². The van der Waals surface area contributed by atoms with Gasteiger partial charge in [0.25, 0.3) is 11.5 Å². The number of nitrogens with two attached hydrogens (primary N) is 1. The number of furan rings is 1. The molecule has 0 saturated carbocycles. The first-order chi connectivity index (χ1) is 19.7. The van der Waals surface area contributed by atoms with Crippen molar-refractivity contribution in [2.24, 2.45) is 11.7 Å². The normalized spacial score (nSPS) is 12.2. The van der Waals surface area contributed by atoms with Crippen molar-refractivity contribution >= 4 is 39.3 Å². The number of carbonyl (C=O) groups is 1. The Morgan fingerprint density at radius 2 is 1.95 bits per heavy atom. The van der Waals surface area contributed by atoms with Crippen molar-refractivity contribution in [1.82, 2.24) is 14.5 Å². The molecule has 41 heavy (non-hydrogen) atoms. The zero-order valence-electron chi connectivity index (χ0n) is 23.1. The lowest BCUT2D eigenvalue weighted by atomic mass is 9.99. The van der Waals surface area contributed by atoms with Crippen LogP contribution in [0.3, 0.4) is 0 Å². The third-order valence-electron chi connectivity index (χ3n) is 7.05. The highest BCUT2D eigenvalue weighted by atomic mass is 32.1. The van der Waals surface area contributed by atoms with Crippen LogP contribution in [0.1, 0.15) is 57.8 Å². The number of halogens is 1. The van der Waals surface area contributed by atoms with Gasteiger partial charge >= 0.3 is 0 Å². The smallest absolute Gasteiger partial charge is 0.297 e. The SMILES string of the molecule is Cc1ccc(C(=O)N(CCCN)C(c2nc3c(oc4ccc(F)cc43)c(=O)n2Cc2ccc(C#N)s2)C(C)C)cc1. The van der Waals surface area contributed by atoms with E-state index in [1.807, 2.05) is 32.9 Å². The molecule has 3 aromatic heterocycles. The fourth-order valence-electron chi connectivity index (χ4n) is 5.06. The maximum absolute atomic E-state index is 14.3. The molecule has 8 nitrogen and oxygen atoms in total. The zero-order valence-corrected chi connectivity index (χ0v) is 23.9. The molecule has 210 valence electrons.